The Morgan fingerprint density at radius 3 is 2.68 bits per heavy atom. The Morgan fingerprint density at radius 2 is 2.11 bits per heavy atom. The lowest BCUT2D eigenvalue weighted by atomic mass is 10.3. The molecule has 0 aromatic carbocycles. The summed E-state index contributed by atoms with van der Waals surface area (Å²) in [6.45, 7) is 3.12. The third-order valence-electron chi connectivity index (χ3n) is 2.96. The lowest BCUT2D eigenvalue weighted by molar-refractivity contribution is -0.132. The van der Waals surface area contributed by atoms with Crippen LogP contribution in [0.5, 0.6) is 0 Å². The van der Waals surface area contributed by atoms with E-state index in [0.717, 1.165) is 13.1 Å². The van der Waals surface area contributed by atoms with Gasteiger partial charge in [0.15, 0.2) is 0 Å². The molecule has 106 valence electrons. The zero-order valence-corrected chi connectivity index (χ0v) is 11.6. The van der Waals surface area contributed by atoms with E-state index >= 15 is 0 Å². The van der Waals surface area contributed by atoms with Gasteiger partial charge in [-0.25, -0.2) is 0 Å². The lowest BCUT2D eigenvalue weighted by Crippen LogP contribution is -2.49. The van der Waals surface area contributed by atoms with E-state index in [9.17, 15) is 9.59 Å². The van der Waals surface area contributed by atoms with E-state index in [-0.39, 0.29) is 30.8 Å². The number of carbonyl (C=O) groups excluding carboxylic acids is 2. The highest BCUT2D eigenvalue weighted by Crippen LogP contribution is 2.05. The van der Waals surface area contributed by atoms with Gasteiger partial charge in [0.25, 0.3) is 5.91 Å². The molecule has 1 N–H and O–H groups in total. The van der Waals surface area contributed by atoms with Crippen LogP contribution in [0.1, 0.15) is 10.4 Å². The number of amides is 2. The first-order valence-corrected chi connectivity index (χ1v) is 5.94. The van der Waals surface area contributed by atoms with E-state index in [1.807, 2.05) is 0 Å². The van der Waals surface area contributed by atoms with Crippen molar-refractivity contribution in [3.8, 4) is 0 Å². The summed E-state index contributed by atoms with van der Waals surface area (Å²) in [7, 11) is 1.62. The molecule has 2 rings (SSSR count). The van der Waals surface area contributed by atoms with Crippen molar-refractivity contribution in [3.05, 3.63) is 24.2 Å². The molecule has 0 spiro atoms. The Balaban J connectivity index is 0.00000180. The van der Waals surface area contributed by atoms with Gasteiger partial charge in [-0.2, -0.15) is 0 Å². The van der Waals surface area contributed by atoms with Gasteiger partial charge in [-0.3, -0.25) is 9.59 Å². The summed E-state index contributed by atoms with van der Waals surface area (Å²) in [5.41, 5.74) is 0.464. The van der Waals surface area contributed by atoms with Crippen molar-refractivity contribution in [2.45, 2.75) is 0 Å². The SMILES string of the molecule is CN(CC(=O)N1CCNCC1)C(=O)c1ccoc1.Cl. The number of piperazine rings is 1. The second-order valence-corrected chi connectivity index (χ2v) is 4.30. The van der Waals surface area contributed by atoms with E-state index < -0.39 is 0 Å². The molecule has 1 aromatic heterocycles. The van der Waals surface area contributed by atoms with Gasteiger partial charge in [-0.1, -0.05) is 0 Å². The van der Waals surface area contributed by atoms with Crippen molar-refractivity contribution in [1.82, 2.24) is 15.1 Å². The summed E-state index contributed by atoms with van der Waals surface area (Å²) in [5, 5.41) is 3.18. The van der Waals surface area contributed by atoms with Gasteiger partial charge in [-0.05, 0) is 6.07 Å². The molecule has 1 aliphatic rings. The molecule has 19 heavy (non-hydrogen) atoms. The highest BCUT2D eigenvalue weighted by molar-refractivity contribution is 5.96. The second-order valence-electron chi connectivity index (χ2n) is 4.30. The van der Waals surface area contributed by atoms with Gasteiger partial charge in [0.2, 0.25) is 5.91 Å². The van der Waals surface area contributed by atoms with E-state index in [0.29, 0.717) is 18.7 Å². The lowest BCUT2D eigenvalue weighted by Gasteiger charge is -2.29. The number of likely N-dealkylation sites (N-methyl/N-ethyl adjacent to an activating group) is 1. The molecular weight excluding hydrogens is 270 g/mol. The Bertz CT molecular complexity index is 416. The molecule has 6 nitrogen and oxygen atoms in total. The highest BCUT2D eigenvalue weighted by Gasteiger charge is 2.20. The van der Waals surface area contributed by atoms with Crippen LogP contribution in [0.25, 0.3) is 0 Å². The van der Waals surface area contributed by atoms with Crippen LogP contribution in [-0.4, -0.2) is 61.4 Å². The molecule has 0 saturated carbocycles. The first-order valence-electron chi connectivity index (χ1n) is 5.94. The zero-order valence-electron chi connectivity index (χ0n) is 10.8. The number of furan rings is 1. The average Bonchev–Trinajstić information content (AvgIpc) is 2.92. The standard InChI is InChI=1S/C12H17N3O3.ClH/c1-14(12(17)10-2-7-18-9-10)8-11(16)15-5-3-13-4-6-15;/h2,7,9,13H,3-6,8H2,1H3;1H. The van der Waals surface area contributed by atoms with Crippen LogP contribution in [0.2, 0.25) is 0 Å². The molecule has 0 atom stereocenters. The molecule has 1 saturated heterocycles. The maximum atomic E-state index is 12.0. The molecule has 0 bridgehead atoms. The fourth-order valence-corrected chi connectivity index (χ4v) is 1.90. The molecule has 1 aromatic rings. The molecule has 0 radical (unpaired) electrons. The first-order chi connectivity index (χ1) is 8.68. The van der Waals surface area contributed by atoms with Crippen LogP contribution < -0.4 is 5.32 Å². The quantitative estimate of drug-likeness (QED) is 0.863. The van der Waals surface area contributed by atoms with Crippen LogP contribution in [0.4, 0.5) is 0 Å². The number of hydrogen-bond donors (Lipinski definition) is 1. The summed E-state index contributed by atoms with van der Waals surface area (Å²) in [6.07, 6.45) is 2.83. The van der Waals surface area contributed by atoms with E-state index in [4.69, 9.17) is 4.42 Å². The number of nitrogens with zero attached hydrogens (tertiary/aromatic N) is 2. The van der Waals surface area contributed by atoms with Crippen LogP contribution in [0, 0.1) is 0 Å². The molecular formula is C12H18ClN3O3. The Labute approximate surface area is 118 Å². The fraction of sp³-hybridized carbons (Fsp3) is 0.500. The first kappa shape index (κ1) is 15.5. The summed E-state index contributed by atoms with van der Waals surface area (Å²) in [5.74, 6) is -0.219. The van der Waals surface area contributed by atoms with Crippen LogP contribution in [-0.2, 0) is 4.79 Å². The smallest absolute Gasteiger partial charge is 0.257 e. The van der Waals surface area contributed by atoms with E-state index in [1.165, 1.54) is 17.4 Å². The third-order valence-corrected chi connectivity index (χ3v) is 2.96. The van der Waals surface area contributed by atoms with Crippen LogP contribution in [0.3, 0.4) is 0 Å². The molecule has 2 heterocycles. The number of nitrogens with one attached hydrogen (secondary N) is 1. The minimum atomic E-state index is -0.202. The largest absolute Gasteiger partial charge is 0.472 e. The summed E-state index contributed by atoms with van der Waals surface area (Å²) in [4.78, 5) is 27.1. The van der Waals surface area contributed by atoms with Gasteiger partial charge in [0.1, 0.15) is 6.26 Å². The molecule has 0 unspecified atom stereocenters. The Kier molecular flexibility index (Phi) is 5.85. The fourth-order valence-electron chi connectivity index (χ4n) is 1.90. The Hall–Kier alpha value is -1.53. The van der Waals surface area contributed by atoms with Crippen molar-refractivity contribution >= 4 is 24.2 Å². The number of halogens is 1. The number of hydrogen-bond acceptors (Lipinski definition) is 4. The van der Waals surface area contributed by atoms with Crippen LogP contribution in [0.15, 0.2) is 23.0 Å². The van der Waals surface area contributed by atoms with Gasteiger partial charge < -0.3 is 19.5 Å². The Morgan fingerprint density at radius 1 is 1.42 bits per heavy atom. The van der Waals surface area contributed by atoms with Gasteiger partial charge in [-0.15, -0.1) is 12.4 Å². The molecule has 1 aliphatic heterocycles. The predicted molar refractivity (Wildman–Crippen MR) is 72.4 cm³/mol. The maximum absolute atomic E-state index is 12.0. The summed E-state index contributed by atoms with van der Waals surface area (Å²) in [6, 6.07) is 1.59. The van der Waals surface area contributed by atoms with Crippen molar-refractivity contribution in [2.24, 2.45) is 0 Å². The third kappa shape index (κ3) is 3.97. The van der Waals surface area contributed by atoms with E-state index in [2.05, 4.69) is 5.32 Å². The second kappa shape index (κ2) is 7.16. The summed E-state index contributed by atoms with van der Waals surface area (Å²) < 4.78 is 4.86. The van der Waals surface area contributed by atoms with E-state index in [1.54, 1.807) is 18.0 Å². The normalized spacial score (nSPS) is 14.7. The van der Waals surface area contributed by atoms with Crippen LogP contribution >= 0.6 is 12.4 Å². The molecule has 7 heteroatoms. The average molecular weight is 288 g/mol. The van der Waals surface area contributed by atoms with Gasteiger partial charge in [0, 0.05) is 33.2 Å². The topological polar surface area (TPSA) is 65.8 Å². The monoisotopic (exact) mass is 287 g/mol. The maximum Gasteiger partial charge on any atom is 0.257 e. The van der Waals surface area contributed by atoms with Gasteiger partial charge in [0.05, 0.1) is 18.4 Å². The minimum absolute atomic E-state index is 0. The van der Waals surface area contributed by atoms with Crippen molar-refractivity contribution in [2.75, 3.05) is 39.8 Å². The predicted octanol–water partition coefficient (Wildman–Crippen LogP) is 0.205. The number of carbonyl (C=O) groups is 2. The van der Waals surface area contributed by atoms with Crippen molar-refractivity contribution < 1.29 is 14.0 Å². The molecule has 2 amide bonds. The van der Waals surface area contributed by atoms with Gasteiger partial charge >= 0.3 is 0 Å². The van der Waals surface area contributed by atoms with Crippen molar-refractivity contribution in [3.63, 3.8) is 0 Å². The highest BCUT2D eigenvalue weighted by atomic mass is 35.5. The van der Waals surface area contributed by atoms with Crippen molar-refractivity contribution in [1.29, 1.82) is 0 Å². The number of rotatable bonds is 3. The molecule has 1 fully saturated rings. The zero-order chi connectivity index (χ0) is 13.0. The minimum Gasteiger partial charge on any atom is -0.472 e. The molecule has 0 aliphatic carbocycles. The summed E-state index contributed by atoms with van der Waals surface area (Å²) >= 11 is 0.